The molecule has 1 amide bonds. The molecule has 1 unspecified atom stereocenters. The summed E-state index contributed by atoms with van der Waals surface area (Å²) in [6, 6.07) is 9.80. The Morgan fingerprint density at radius 1 is 1.00 bits per heavy atom. The fourth-order valence-electron chi connectivity index (χ4n) is 2.14. The van der Waals surface area contributed by atoms with Gasteiger partial charge in [0.1, 0.15) is 0 Å². The molecule has 0 aliphatic rings. The number of ether oxygens (including phenoxy) is 1. The van der Waals surface area contributed by atoms with Crippen LogP contribution in [0.4, 0.5) is 5.69 Å². The largest absolute Gasteiger partial charge is 0.451 e. The fraction of sp³-hybridized carbons (Fsp3) is 0.333. The summed E-state index contributed by atoms with van der Waals surface area (Å²) in [6.45, 7) is 8.80. The van der Waals surface area contributed by atoms with Gasteiger partial charge in [-0.25, -0.2) is 4.79 Å². The molecule has 1 heterocycles. The Labute approximate surface area is 159 Å². The van der Waals surface area contributed by atoms with E-state index in [1.54, 1.807) is 36.4 Å². The minimum Gasteiger partial charge on any atom is -0.451 e. The number of hydrogen-bond acceptors (Lipinski definition) is 5. The van der Waals surface area contributed by atoms with Gasteiger partial charge in [0.15, 0.2) is 6.10 Å². The molecule has 27 heavy (non-hydrogen) atoms. The topological polar surface area (TPSA) is 85.4 Å². The number of aryl methyl sites for hydroxylation is 1. The van der Waals surface area contributed by atoms with Gasteiger partial charge in [-0.05, 0) is 50.2 Å². The highest BCUT2D eigenvalue weighted by molar-refractivity contribution is 6.02. The lowest BCUT2D eigenvalue weighted by Gasteiger charge is -2.18. The maximum absolute atomic E-state index is 12.5. The summed E-state index contributed by atoms with van der Waals surface area (Å²) in [5.74, 6) is -1.04. The monoisotopic (exact) mass is 368 g/mol. The van der Waals surface area contributed by atoms with E-state index >= 15 is 0 Å². The number of benzene rings is 1. The van der Waals surface area contributed by atoms with E-state index in [2.05, 4.69) is 10.3 Å². The number of hydrogen-bond donors (Lipinski definition) is 1. The number of carbonyl (C=O) groups excluding carboxylic acids is 3. The Bertz CT molecular complexity index is 834. The smallest absolute Gasteiger partial charge is 0.340 e. The number of esters is 1. The summed E-state index contributed by atoms with van der Waals surface area (Å²) in [5, 5.41) is 2.79. The average molecular weight is 368 g/mol. The van der Waals surface area contributed by atoms with Gasteiger partial charge in [0.25, 0.3) is 0 Å². The zero-order valence-electron chi connectivity index (χ0n) is 16.2. The molecular weight excluding hydrogens is 344 g/mol. The standard InChI is InChI=1S/C21H24N2O4/c1-13-6-7-16(12-22-13)19(25)27-14(2)18(24)15-8-10-17(11-9-15)23-20(26)21(3,4)5/h6-12,14H,1-5H3,(H,23,26). The predicted molar refractivity (Wildman–Crippen MR) is 103 cm³/mol. The number of rotatable bonds is 5. The second kappa shape index (κ2) is 8.12. The Balaban J connectivity index is 2.01. The van der Waals surface area contributed by atoms with Gasteiger partial charge in [-0.1, -0.05) is 20.8 Å². The van der Waals surface area contributed by atoms with E-state index in [1.807, 2.05) is 27.7 Å². The van der Waals surface area contributed by atoms with Gasteiger partial charge in [0.05, 0.1) is 5.56 Å². The molecule has 1 atom stereocenters. The molecule has 142 valence electrons. The Morgan fingerprint density at radius 3 is 2.11 bits per heavy atom. The first-order valence-electron chi connectivity index (χ1n) is 8.67. The molecule has 0 radical (unpaired) electrons. The van der Waals surface area contributed by atoms with E-state index in [-0.39, 0.29) is 11.7 Å². The van der Waals surface area contributed by atoms with Crippen molar-refractivity contribution >= 4 is 23.3 Å². The van der Waals surface area contributed by atoms with Gasteiger partial charge in [-0.3, -0.25) is 14.6 Å². The molecule has 0 bridgehead atoms. The third-order valence-electron chi connectivity index (χ3n) is 3.91. The summed E-state index contributed by atoms with van der Waals surface area (Å²) in [5.41, 5.74) is 1.56. The van der Waals surface area contributed by atoms with Crippen molar-refractivity contribution in [1.82, 2.24) is 4.98 Å². The molecular formula is C21H24N2O4. The van der Waals surface area contributed by atoms with E-state index in [1.165, 1.54) is 13.1 Å². The Kier molecular flexibility index (Phi) is 6.10. The third-order valence-corrected chi connectivity index (χ3v) is 3.91. The molecule has 0 aliphatic heterocycles. The van der Waals surface area contributed by atoms with Crippen LogP contribution in [-0.4, -0.2) is 28.7 Å². The maximum Gasteiger partial charge on any atom is 0.340 e. The van der Waals surface area contributed by atoms with Crippen molar-refractivity contribution in [3.63, 3.8) is 0 Å². The molecule has 0 aliphatic carbocycles. The van der Waals surface area contributed by atoms with Crippen LogP contribution in [0.15, 0.2) is 42.6 Å². The zero-order chi connectivity index (χ0) is 20.2. The minimum absolute atomic E-state index is 0.115. The molecule has 0 fully saturated rings. The van der Waals surface area contributed by atoms with Gasteiger partial charge in [0.2, 0.25) is 11.7 Å². The molecule has 0 saturated carbocycles. The highest BCUT2D eigenvalue weighted by Crippen LogP contribution is 2.18. The highest BCUT2D eigenvalue weighted by atomic mass is 16.5. The van der Waals surface area contributed by atoms with Gasteiger partial charge in [-0.2, -0.15) is 0 Å². The van der Waals surface area contributed by atoms with Crippen LogP contribution >= 0.6 is 0 Å². The number of nitrogens with zero attached hydrogens (tertiary/aromatic N) is 1. The number of anilines is 1. The lowest BCUT2D eigenvalue weighted by molar-refractivity contribution is -0.123. The van der Waals surface area contributed by atoms with E-state index in [4.69, 9.17) is 4.74 Å². The quantitative estimate of drug-likeness (QED) is 0.641. The van der Waals surface area contributed by atoms with Crippen LogP contribution in [0.3, 0.4) is 0 Å². The van der Waals surface area contributed by atoms with Crippen LogP contribution in [-0.2, 0) is 9.53 Å². The second-order valence-electron chi connectivity index (χ2n) is 7.38. The van der Waals surface area contributed by atoms with Crippen LogP contribution in [0.5, 0.6) is 0 Å². The van der Waals surface area contributed by atoms with Crippen LogP contribution in [0, 0.1) is 12.3 Å². The summed E-state index contributed by atoms with van der Waals surface area (Å²) >= 11 is 0. The summed E-state index contributed by atoms with van der Waals surface area (Å²) in [7, 11) is 0. The zero-order valence-corrected chi connectivity index (χ0v) is 16.2. The molecule has 6 heteroatoms. The number of nitrogens with one attached hydrogen (secondary N) is 1. The molecule has 0 spiro atoms. The lowest BCUT2D eigenvalue weighted by Crippen LogP contribution is -2.27. The number of ketones is 1. The number of aromatic nitrogens is 1. The maximum atomic E-state index is 12.5. The van der Waals surface area contributed by atoms with E-state index in [0.29, 0.717) is 16.8 Å². The second-order valence-corrected chi connectivity index (χ2v) is 7.38. The number of carbonyl (C=O) groups is 3. The molecule has 2 aromatic rings. The predicted octanol–water partition coefficient (Wildman–Crippen LogP) is 3.80. The van der Waals surface area contributed by atoms with Gasteiger partial charge >= 0.3 is 5.97 Å². The normalized spacial score (nSPS) is 12.2. The first-order valence-corrected chi connectivity index (χ1v) is 8.67. The SMILES string of the molecule is Cc1ccc(C(=O)OC(C)C(=O)c2ccc(NC(=O)C(C)(C)C)cc2)cn1. The van der Waals surface area contributed by atoms with E-state index in [0.717, 1.165) is 5.69 Å². The van der Waals surface area contributed by atoms with Crippen molar-refractivity contribution in [3.8, 4) is 0 Å². The van der Waals surface area contributed by atoms with Crippen molar-refractivity contribution < 1.29 is 19.1 Å². The summed E-state index contributed by atoms with van der Waals surface area (Å²) in [6.07, 6.45) is 0.482. The fourth-order valence-corrected chi connectivity index (χ4v) is 2.14. The first kappa shape index (κ1) is 20.3. The molecule has 1 aromatic carbocycles. The average Bonchev–Trinajstić information content (AvgIpc) is 2.61. The highest BCUT2D eigenvalue weighted by Gasteiger charge is 2.22. The van der Waals surface area contributed by atoms with Gasteiger partial charge < -0.3 is 10.1 Å². The summed E-state index contributed by atoms with van der Waals surface area (Å²) in [4.78, 5) is 40.6. The van der Waals surface area contributed by atoms with E-state index < -0.39 is 17.5 Å². The summed E-state index contributed by atoms with van der Waals surface area (Å²) < 4.78 is 5.23. The first-order chi connectivity index (χ1) is 12.6. The molecule has 6 nitrogen and oxygen atoms in total. The van der Waals surface area contributed by atoms with Crippen LogP contribution in [0.1, 0.15) is 54.1 Å². The van der Waals surface area contributed by atoms with Crippen molar-refractivity contribution in [2.24, 2.45) is 5.41 Å². The van der Waals surface area contributed by atoms with Crippen molar-refractivity contribution in [2.75, 3.05) is 5.32 Å². The van der Waals surface area contributed by atoms with Crippen molar-refractivity contribution in [3.05, 3.63) is 59.4 Å². The van der Waals surface area contributed by atoms with Crippen LogP contribution < -0.4 is 5.32 Å². The van der Waals surface area contributed by atoms with Gasteiger partial charge in [0, 0.05) is 28.6 Å². The van der Waals surface area contributed by atoms with Crippen LogP contribution in [0.25, 0.3) is 0 Å². The number of Topliss-reactive ketones (excluding diaryl/α,β-unsaturated/α-hetero) is 1. The number of pyridine rings is 1. The molecule has 2 rings (SSSR count). The van der Waals surface area contributed by atoms with Crippen molar-refractivity contribution in [1.29, 1.82) is 0 Å². The minimum atomic E-state index is -0.936. The van der Waals surface area contributed by atoms with Crippen LogP contribution in [0.2, 0.25) is 0 Å². The lowest BCUT2D eigenvalue weighted by atomic mass is 9.95. The number of amides is 1. The van der Waals surface area contributed by atoms with Gasteiger partial charge in [-0.15, -0.1) is 0 Å². The van der Waals surface area contributed by atoms with E-state index in [9.17, 15) is 14.4 Å². The Morgan fingerprint density at radius 2 is 1.59 bits per heavy atom. The van der Waals surface area contributed by atoms with Crippen molar-refractivity contribution in [2.45, 2.75) is 40.7 Å². The molecule has 1 aromatic heterocycles. The Hall–Kier alpha value is -3.02. The third kappa shape index (κ3) is 5.48. The molecule has 1 N–H and O–H groups in total. The molecule has 0 saturated heterocycles.